The Bertz CT molecular complexity index is 689. The zero-order valence-electron chi connectivity index (χ0n) is 12.3. The Labute approximate surface area is 128 Å². The molecule has 0 saturated carbocycles. The Kier molecular flexibility index (Phi) is 3.72. The van der Waals surface area contributed by atoms with Crippen LogP contribution in [0, 0.1) is 10.1 Å². The second-order valence-corrected chi connectivity index (χ2v) is 5.49. The van der Waals surface area contributed by atoms with Crippen molar-refractivity contribution in [2.45, 2.75) is 0 Å². The molecule has 7 nitrogen and oxygen atoms in total. The van der Waals surface area contributed by atoms with Gasteiger partial charge in [0.05, 0.1) is 16.2 Å². The molecule has 0 atom stereocenters. The number of piperazine rings is 1. The van der Waals surface area contributed by atoms with E-state index in [1.807, 2.05) is 0 Å². The number of likely N-dealkylation sites (N-methyl/N-ethyl adjacent to an activating group) is 1. The van der Waals surface area contributed by atoms with E-state index < -0.39 is 4.92 Å². The first kappa shape index (κ1) is 14.4. The van der Waals surface area contributed by atoms with E-state index in [1.54, 1.807) is 24.3 Å². The molecule has 1 aromatic heterocycles. The van der Waals surface area contributed by atoms with Gasteiger partial charge in [-0.25, -0.2) is 4.68 Å². The highest BCUT2D eigenvalue weighted by atomic mass is 16.6. The fraction of sp³-hybridized carbons (Fsp3) is 0.333. The Morgan fingerprint density at radius 3 is 2.50 bits per heavy atom. The van der Waals surface area contributed by atoms with E-state index in [9.17, 15) is 16.0 Å². The summed E-state index contributed by atoms with van der Waals surface area (Å²) in [5.74, 6) is 9.82. The molecule has 0 aliphatic carbocycles. The van der Waals surface area contributed by atoms with E-state index in [0.717, 1.165) is 36.5 Å². The summed E-state index contributed by atoms with van der Waals surface area (Å²) < 4.78 is 0.913. The highest BCUT2D eigenvalue weighted by Crippen LogP contribution is 2.33. The molecule has 2 heterocycles. The van der Waals surface area contributed by atoms with Crippen LogP contribution in [-0.2, 0) is 0 Å². The molecule has 1 aliphatic heterocycles. The molecule has 0 N–H and O–H groups in total. The number of anilines is 1. The average molecular weight is 299 g/mol. The lowest BCUT2D eigenvalue weighted by atomic mass is 10.1. The summed E-state index contributed by atoms with van der Waals surface area (Å²) in [6.45, 7) is 3.69. The zero-order chi connectivity index (χ0) is 15.7. The van der Waals surface area contributed by atoms with E-state index in [-0.39, 0.29) is 5.69 Å². The number of hydrogen-bond donors (Lipinski definition) is 0. The Balaban J connectivity index is 2.01. The smallest absolute Gasteiger partial charge is 0.278 e. The SMILES string of the molecule is CN1CCN(c2ccc([N+](=O)[O-])c(-c3cccn3[N])c2)CC1. The lowest BCUT2D eigenvalue weighted by molar-refractivity contribution is -0.384. The molecule has 1 aromatic carbocycles. The number of nitro benzene ring substituents is 1. The van der Waals surface area contributed by atoms with E-state index in [1.165, 1.54) is 12.3 Å². The summed E-state index contributed by atoms with van der Waals surface area (Å²) in [5, 5.41) is 11.3. The van der Waals surface area contributed by atoms with E-state index >= 15 is 0 Å². The van der Waals surface area contributed by atoms with Crippen LogP contribution in [0.4, 0.5) is 11.4 Å². The van der Waals surface area contributed by atoms with Crippen LogP contribution >= 0.6 is 0 Å². The molecule has 0 unspecified atom stereocenters. The largest absolute Gasteiger partial charge is 0.369 e. The average Bonchev–Trinajstić information content (AvgIpc) is 2.93. The molecule has 3 rings (SSSR count). The number of hydrogen-bond acceptors (Lipinski definition) is 4. The van der Waals surface area contributed by atoms with Crippen molar-refractivity contribution in [2.75, 3.05) is 38.1 Å². The van der Waals surface area contributed by atoms with Gasteiger partial charge >= 0.3 is 0 Å². The lowest BCUT2D eigenvalue weighted by Crippen LogP contribution is -2.44. The molecule has 114 valence electrons. The zero-order valence-corrected chi connectivity index (χ0v) is 12.3. The Morgan fingerprint density at radius 1 is 1.18 bits per heavy atom. The predicted molar refractivity (Wildman–Crippen MR) is 83.8 cm³/mol. The first-order chi connectivity index (χ1) is 10.6. The highest BCUT2D eigenvalue weighted by Gasteiger charge is 2.21. The molecule has 0 spiro atoms. The van der Waals surface area contributed by atoms with E-state index in [4.69, 9.17) is 0 Å². The quantitative estimate of drug-likeness (QED) is 0.638. The molecule has 1 aliphatic rings. The molecule has 2 aromatic rings. The van der Waals surface area contributed by atoms with Crippen molar-refractivity contribution in [2.24, 2.45) is 0 Å². The minimum atomic E-state index is -0.421. The van der Waals surface area contributed by atoms with Crippen LogP contribution in [0.5, 0.6) is 0 Å². The summed E-state index contributed by atoms with van der Waals surface area (Å²) in [5.41, 5.74) is 1.78. The van der Waals surface area contributed by atoms with Crippen LogP contribution < -0.4 is 10.7 Å². The summed E-state index contributed by atoms with van der Waals surface area (Å²) in [6, 6.07) is 8.39. The van der Waals surface area contributed by atoms with Crippen LogP contribution in [0.3, 0.4) is 0 Å². The first-order valence-corrected chi connectivity index (χ1v) is 7.15. The highest BCUT2D eigenvalue weighted by molar-refractivity contribution is 5.75. The minimum Gasteiger partial charge on any atom is -0.369 e. The Hall–Kier alpha value is -2.54. The number of aromatic nitrogens is 1. The van der Waals surface area contributed by atoms with Gasteiger partial charge < -0.3 is 9.80 Å². The van der Waals surface area contributed by atoms with Crippen molar-refractivity contribution < 1.29 is 4.92 Å². The van der Waals surface area contributed by atoms with Crippen LogP contribution in [0.1, 0.15) is 0 Å². The maximum Gasteiger partial charge on any atom is 0.278 e. The number of rotatable bonds is 3. The fourth-order valence-corrected chi connectivity index (χ4v) is 2.74. The second kappa shape index (κ2) is 5.69. The van der Waals surface area contributed by atoms with Gasteiger partial charge in [-0.15, -0.1) is 0 Å². The van der Waals surface area contributed by atoms with Gasteiger partial charge in [0.25, 0.3) is 5.69 Å². The monoisotopic (exact) mass is 299 g/mol. The molecular formula is C15H17N5O2. The maximum absolute atomic E-state index is 11.3. The summed E-state index contributed by atoms with van der Waals surface area (Å²) in [6.07, 6.45) is 1.46. The van der Waals surface area contributed by atoms with Crippen molar-refractivity contribution in [3.8, 4) is 11.3 Å². The fourth-order valence-electron chi connectivity index (χ4n) is 2.74. The normalized spacial score (nSPS) is 16.0. The first-order valence-electron chi connectivity index (χ1n) is 7.15. The number of nitrogens with zero attached hydrogens (tertiary/aromatic N) is 5. The molecule has 1 fully saturated rings. The topological polar surface area (TPSA) is 76.9 Å². The van der Waals surface area contributed by atoms with Gasteiger partial charge in [-0.05, 0) is 37.2 Å². The standard InChI is InChI=1S/C15H17N5O2/c1-17-7-9-18(10-8-17)12-4-5-15(20(21)22)13(11-12)14-3-2-6-19(14)16/h2-6,11H,7-10H2,1H3. The third-order valence-corrected chi connectivity index (χ3v) is 4.05. The van der Waals surface area contributed by atoms with Crippen molar-refractivity contribution >= 4 is 11.4 Å². The third kappa shape index (κ3) is 2.62. The van der Waals surface area contributed by atoms with Gasteiger partial charge in [0.2, 0.25) is 0 Å². The van der Waals surface area contributed by atoms with E-state index in [0.29, 0.717) is 11.3 Å². The van der Waals surface area contributed by atoms with Crippen LogP contribution in [-0.4, -0.2) is 47.7 Å². The van der Waals surface area contributed by atoms with Crippen molar-refractivity contribution in [1.29, 1.82) is 0 Å². The molecule has 22 heavy (non-hydrogen) atoms. The summed E-state index contributed by atoms with van der Waals surface area (Å²) >= 11 is 0. The van der Waals surface area contributed by atoms with Crippen molar-refractivity contribution in [3.05, 3.63) is 46.6 Å². The number of benzene rings is 1. The third-order valence-electron chi connectivity index (χ3n) is 4.05. The molecule has 0 bridgehead atoms. The maximum atomic E-state index is 11.3. The van der Waals surface area contributed by atoms with Crippen LogP contribution in [0.2, 0.25) is 0 Å². The van der Waals surface area contributed by atoms with Gasteiger partial charge in [0, 0.05) is 44.1 Å². The van der Waals surface area contributed by atoms with Crippen LogP contribution in [0.15, 0.2) is 36.5 Å². The lowest BCUT2D eigenvalue weighted by Gasteiger charge is -2.34. The van der Waals surface area contributed by atoms with Gasteiger partial charge in [-0.1, -0.05) is 0 Å². The predicted octanol–water partition coefficient (Wildman–Crippen LogP) is 1.65. The molecule has 2 radical (unpaired) electrons. The van der Waals surface area contributed by atoms with Gasteiger partial charge in [0.1, 0.15) is 0 Å². The second-order valence-electron chi connectivity index (χ2n) is 5.49. The summed E-state index contributed by atoms with van der Waals surface area (Å²) in [7, 11) is 2.08. The van der Waals surface area contributed by atoms with Crippen molar-refractivity contribution in [3.63, 3.8) is 0 Å². The number of nitro groups is 1. The van der Waals surface area contributed by atoms with Gasteiger partial charge in [-0.3, -0.25) is 10.1 Å². The summed E-state index contributed by atoms with van der Waals surface area (Å²) in [4.78, 5) is 15.3. The molecule has 0 amide bonds. The van der Waals surface area contributed by atoms with Gasteiger partial charge in [0.15, 0.2) is 0 Å². The molecular weight excluding hydrogens is 282 g/mol. The van der Waals surface area contributed by atoms with Gasteiger partial charge in [-0.2, -0.15) is 0 Å². The molecule has 7 heteroatoms. The van der Waals surface area contributed by atoms with E-state index in [2.05, 4.69) is 16.8 Å². The van der Waals surface area contributed by atoms with Crippen molar-refractivity contribution in [1.82, 2.24) is 15.4 Å². The molecule has 1 saturated heterocycles. The van der Waals surface area contributed by atoms with Crippen LogP contribution in [0.25, 0.3) is 11.3 Å². The minimum absolute atomic E-state index is 0.00752. The Morgan fingerprint density at radius 2 is 1.91 bits per heavy atom.